The molecule has 0 saturated carbocycles. The van der Waals surface area contributed by atoms with Crippen LogP contribution in [0.25, 0.3) is 0 Å². The van der Waals surface area contributed by atoms with Crippen LogP contribution in [0.2, 0.25) is 0 Å². The molecule has 1 aromatic heterocycles. The Balaban J connectivity index is 1.32. The molecule has 0 unspecified atom stereocenters. The summed E-state index contributed by atoms with van der Waals surface area (Å²) in [6, 6.07) is 15.7. The van der Waals surface area contributed by atoms with E-state index in [1.54, 1.807) is 0 Å². The second kappa shape index (κ2) is 9.51. The maximum atomic E-state index is 10.2. The number of nitrogens with zero attached hydrogens (tertiary/aromatic N) is 3. The van der Waals surface area contributed by atoms with Crippen molar-refractivity contribution in [1.82, 2.24) is 14.8 Å². The zero-order chi connectivity index (χ0) is 17.3. The molecule has 1 atom stereocenters. The van der Waals surface area contributed by atoms with Crippen molar-refractivity contribution in [3.8, 4) is 5.75 Å². The summed E-state index contributed by atoms with van der Waals surface area (Å²) < 4.78 is 5.62. The standard InChI is InChI=1S/C20H27N3O2/c24-19(17-25-20-7-2-1-3-8-20)16-23-14-12-22(13-15-23)11-9-18-6-4-5-10-21-18/h1-8,10,19,24H,9,11-17H2/t19-/m1/s1. The fourth-order valence-corrected chi connectivity index (χ4v) is 3.07. The van der Waals surface area contributed by atoms with Gasteiger partial charge in [0, 0.05) is 57.6 Å². The van der Waals surface area contributed by atoms with Crippen molar-refractivity contribution in [3.05, 3.63) is 60.4 Å². The normalized spacial score (nSPS) is 17.3. The molecule has 5 heteroatoms. The second-order valence-corrected chi connectivity index (χ2v) is 6.49. The van der Waals surface area contributed by atoms with E-state index in [9.17, 15) is 5.11 Å². The number of para-hydroxylation sites is 1. The molecule has 25 heavy (non-hydrogen) atoms. The number of β-amino-alcohol motifs (C(OH)–C–C–N with tert-alkyl or cyclic N) is 1. The molecule has 134 valence electrons. The number of ether oxygens (including phenoxy) is 1. The molecule has 1 aliphatic heterocycles. The van der Waals surface area contributed by atoms with E-state index >= 15 is 0 Å². The van der Waals surface area contributed by atoms with E-state index in [0.717, 1.165) is 50.6 Å². The predicted octanol–water partition coefficient (Wildman–Crippen LogP) is 1.68. The molecule has 1 fully saturated rings. The highest BCUT2D eigenvalue weighted by molar-refractivity contribution is 5.20. The van der Waals surface area contributed by atoms with Crippen LogP contribution in [-0.2, 0) is 6.42 Å². The summed E-state index contributed by atoms with van der Waals surface area (Å²) in [5, 5.41) is 10.2. The Hall–Kier alpha value is -1.95. The first-order chi connectivity index (χ1) is 12.3. The number of benzene rings is 1. The maximum Gasteiger partial charge on any atom is 0.119 e. The van der Waals surface area contributed by atoms with E-state index in [2.05, 4.69) is 20.9 Å². The summed E-state index contributed by atoms with van der Waals surface area (Å²) in [6.45, 7) is 6.11. The quantitative estimate of drug-likeness (QED) is 0.792. The Morgan fingerprint density at radius 3 is 2.40 bits per heavy atom. The number of piperazine rings is 1. The first-order valence-corrected chi connectivity index (χ1v) is 9.00. The smallest absolute Gasteiger partial charge is 0.119 e. The minimum absolute atomic E-state index is 0.337. The van der Waals surface area contributed by atoms with E-state index in [-0.39, 0.29) is 0 Å². The van der Waals surface area contributed by atoms with Gasteiger partial charge in [0.05, 0.1) is 0 Å². The topological polar surface area (TPSA) is 48.8 Å². The molecule has 1 aliphatic rings. The van der Waals surface area contributed by atoms with Gasteiger partial charge in [0.1, 0.15) is 18.5 Å². The zero-order valence-electron chi connectivity index (χ0n) is 14.6. The Morgan fingerprint density at radius 2 is 1.68 bits per heavy atom. The van der Waals surface area contributed by atoms with Crippen LogP contribution < -0.4 is 4.74 Å². The molecule has 1 aromatic carbocycles. The number of hydrogen-bond donors (Lipinski definition) is 1. The van der Waals surface area contributed by atoms with Crippen molar-refractivity contribution in [2.45, 2.75) is 12.5 Å². The number of aliphatic hydroxyl groups excluding tert-OH is 1. The number of hydrogen-bond acceptors (Lipinski definition) is 5. The van der Waals surface area contributed by atoms with Crippen molar-refractivity contribution in [3.63, 3.8) is 0 Å². The summed E-state index contributed by atoms with van der Waals surface area (Å²) in [4.78, 5) is 9.16. The van der Waals surface area contributed by atoms with Crippen LogP contribution in [0.5, 0.6) is 5.75 Å². The Bertz CT molecular complexity index is 601. The minimum Gasteiger partial charge on any atom is -0.491 e. The average molecular weight is 341 g/mol. The largest absolute Gasteiger partial charge is 0.491 e. The molecule has 0 bridgehead atoms. The summed E-state index contributed by atoms with van der Waals surface area (Å²) in [7, 11) is 0. The molecule has 2 aromatic rings. The van der Waals surface area contributed by atoms with E-state index < -0.39 is 6.10 Å². The van der Waals surface area contributed by atoms with Gasteiger partial charge in [-0.2, -0.15) is 0 Å². The van der Waals surface area contributed by atoms with Crippen LogP contribution in [0.4, 0.5) is 0 Å². The lowest BCUT2D eigenvalue weighted by Crippen LogP contribution is -2.49. The Morgan fingerprint density at radius 1 is 0.960 bits per heavy atom. The van der Waals surface area contributed by atoms with Crippen LogP contribution >= 0.6 is 0 Å². The molecule has 2 heterocycles. The summed E-state index contributed by atoms with van der Waals surface area (Å²) in [6.07, 6.45) is 2.39. The first-order valence-electron chi connectivity index (χ1n) is 9.00. The van der Waals surface area contributed by atoms with Crippen LogP contribution in [-0.4, -0.2) is 71.9 Å². The highest BCUT2D eigenvalue weighted by atomic mass is 16.5. The van der Waals surface area contributed by atoms with Crippen molar-refractivity contribution in [2.75, 3.05) is 45.9 Å². The summed E-state index contributed by atoms with van der Waals surface area (Å²) in [5.41, 5.74) is 1.15. The third-order valence-electron chi connectivity index (χ3n) is 4.53. The molecular formula is C20H27N3O2. The molecule has 3 rings (SSSR count). The van der Waals surface area contributed by atoms with Gasteiger partial charge >= 0.3 is 0 Å². The zero-order valence-corrected chi connectivity index (χ0v) is 14.6. The number of aliphatic hydroxyl groups is 1. The highest BCUT2D eigenvalue weighted by Gasteiger charge is 2.19. The van der Waals surface area contributed by atoms with E-state index in [1.165, 1.54) is 0 Å². The minimum atomic E-state index is -0.458. The molecular weight excluding hydrogens is 314 g/mol. The van der Waals surface area contributed by atoms with E-state index in [4.69, 9.17) is 4.74 Å². The average Bonchev–Trinajstić information content (AvgIpc) is 2.67. The Labute approximate surface area is 149 Å². The van der Waals surface area contributed by atoms with Gasteiger partial charge in [-0.3, -0.25) is 9.88 Å². The number of aromatic nitrogens is 1. The lowest BCUT2D eigenvalue weighted by Gasteiger charge is -2.35. The van der Waals surface area contributed by atoms with E-state index in [1.807, 2.05) is 48.7 Å². The van der Waals surface area contributed by atoms with Gasteiger partial charge in [0.15, 0.2) is 0 Å². The van der Waals surface area contributed by atoms with Crippen LogP contribution in [0.1, 0.15) is 5.69 Å². The molecule has 0 spiro atoms. The monoisotopic (exact) mass is 341 g/mol. The second-order valence-electron chi connectivity index (χ2n) is 6.49. The third kappa shape index (κ3) is 6.12. The SMILES string of the molecule is O[C@@H](COc1ccccc1)CN1CCN(CCc2ccccn2)CC1. The van der Waals surface area contributed by atoms with Gasteiger partial charge < -0.3 is 14.7 Å². The van der Waals surface area contributed by atoms with Gasteiger partial charge in [0.2, 0.25) is 0 Å². The number of pyridine rings is 1. The van der Waals surface area contributed by atoms with Crippen molar-refractivity contribution in [1.29, 1.82) is 0 Å². The van der Waals surface area contributed by atoms with Crippen molar-refractivity contribution >= 4 is 0 Å². The van der Waals surface area contributed by atoms with Gasteiger partial charge in [-0.15, -0.1) is 0 Å². The Kier molecular flexibility index (Phi) is 6.79. The molecule has 1 N–H and O–H groups in total. The lowest BCUT2D eigenvalue weighted by atomic mass is 10.2. The fraction of sp³-hybridized carbons (Fsp3) is 0.450. The summed E-state index contributed by atoms with van der Waals surface area (Å²) in [5.74, 6) is 0.806. The predicted molar refractivity (Wildman–Crippen MR) is 98.8 cm³/mol. The molecule has 5 nitrogen and oxygen atoms in total. The molecule has 0 radical (unpaired) electrons. The summed E-state index contributed by atoms with van der Waals surface area (Å²) >= 11 is 0. The van der Waals surface area contributed by atoms with Gasteiger partial charge in [-0.25, -0.2) is 0 Å². The van der Waals surface area contributed by atoms with E-state index in [0.29, 0.717) is 13.2 Å². The van der Waals surface area contributed by atoms with Gasteiger partial charge in [0.25, 0.3) is 0 Å². The molecule has 0 aliphatic carbocycles. The maximum absolute atomic E-state index is 10.2. The van der Waals surface area contributed by atoms with Crippen LogP contribution in [0.3, 0.4) is 0 Å². The molecule has 0 amide bonds. The van der Waals surface area contributed by atoms with Crippen molar-refractivity contribution < 1.29 is 9.84 Å². The lowest BCUT2D eigenvalue weighted by molar-refractivity contribution is 0.0463. The van der Waals surface area contributed by atoms with Gasteiger partial charge in [-0.1, -0.05) is 24.3 Å². The fourth-order valence-electron chi connectivity index (χ4n) is 3.07. The third-order valence-corrected chi connectivity index (χ3v) is 4.53. The molecule has 1 saturated heterocycles. The van der Waals surface area contributed by atoms with Gasteiger partial charge in [-0.05, 0) is 24.3 Å². The number of rotatable bonds is 8. The first kappa shape index (κ1) is 17.9. The van der Waals surface area contributed by atoms with Crippen LogP contribution in [0.15, 0.2) is 54.7 Å². The van der Waals surface area contributed by atoms with Crippen LogP contribution in [0, 0.1) is 0 Å². The van der Waals surface area contributed by atoms with Crippen molar-refractivity contribution in [2.24, 2.45) is 0 Å². The highest BCUT2D eigenvalue weighted by Crippen LogP contribution is 2.09.